The van der Waals surface area contributed by atoms with E-state index in [0.29, 0.717) is 11.1 Å². The average molecular weight is 478 g/mol. The number of para-hydroxylation sites is 1. The third-order valence-corrected chi connectivity index (χ3v) is 5.00. The Hall–Kier alpha value is -2.77. The number of phenols is 1. The van der Waals surface area contributed by atoms with Crippen molar-refractivity contribution >= 4 is 17.9 Å². The van der Waals surface area contributed by atoms with Gasteiger partial charge in [0, 0.05) is 17.1 Å². The SMILES string of the molecule is Cc1cccc(C(C(=O)NC(C)(C)C)N(C(=O)C(NC(=O)OC(C)(C)C)C(C)C)C(C)C)c1O. The third-order valence-electron chi connectivity index (χ3n) is 5.00. The third kappa shape index (κ3) is 8.22. The molecule has 2 atom stereocenters. The smallest absolute Gasteiger partial charge is 0.408 e. The van der Waals surface area contributed by atoms with Gasteiger partial charge in [0.25, 0.3) is 0 Å². The van der Waals surface area contributed by atoms with Crippen LogP contribution in [0.4, 0.5) is 4.79 Å². The minimum Gasteiger partial charge on any atom is -0.507 e. The first-order valence-electron chi connectivity index (χ1n) is 11.8. The molecule has 0 fully saturated rings. The van der Waals surface area contributed by atoms with Crippen molar-refractivity contribution in [3.63, 3.8) is 0 Å². The zero-order valence-corrected chi connectivity index (χ0v) is 22.6. The standard InChI is InChI=1S/C26H43N3O5/c1-15(2)19(27-24(33)34-26(9,10)11)23(32)29(16(3)4)20(22(31)28-25(6,7)8)18-14-12-13-17(5)21(18)30/h12-16,19-20,30H,1-11H3,(H,27,33)(H,28,31). The fraction of sp³-hybridized carbons (Fsp3) is 0.654. The number of carbonyl (C=O) groups excluding carboxylic acids is 3. The molecular weight excluding hydrogens is 434 g/mol. The lowest BCUT2D eigenvalue weighted by atomic mass is 9.95. The van der Waals surface area contributed by atoms with Gasteiger partial charge in [0.05, 0.1) is 0 Å². The van der Waals surface area contributed by atoms with E-state index in [1.807, 2.05) is 34.6 Å². The van der Waals surface area contributed by atoms with E-state index in [0.717, 1.165) is 0 Å². The molecule has 1 rings (SSSR count). The summed E-state index contributed by atoms with van der Waals surface area (Å²) in [6.07, 6.45) is -0.711. The van der Waals surface area contributed by atoms with Gasteiger partial charge in [-0.25, -0.2) is 4.79 Å². The Kier molecular flexibility index (Phi) is 9.56. The van der Waals surface area contributed by atoms with E-state index >= 15 is 0 Å². The van der Waals surface area contributed by atoms with Gasteiger partial charge in [-0.2, -0.15) is 0 Å². The van der Waals surface area contributed by atoms with E-state index in [1.54, 1.807) is 59.7 Å². The average Bonchev–Trinajstić information content (AvgIpc) is 2.62. The predicted molar refractivity (Wildman–Crippen MR) is 133 cm³/mol. The fourth-order valence-electron chi connectivity index (χ4n) is 3.55. The predicted octanol–water partition coefficient (Wildman–Crippen LogP) is 4.44. The summed E-state index contributed by atoms with van der Waals surface area (Å²) in [7, 11) is 0. The molecule has 0 bridgehead atoms. The van der Waals surface area contributed by atoms with Crippen LogP contribution in [0.2, 0.25) is 0 Å². The first kappa shape index (κ1) is 29.3. The van der Waals surface area contributed by atoms with Crippen LogP contribution in [0.15, 0.2) is 18.2 Å². The van der Waals surface area contributed by atoms with E-state index in [4.69, 9.17) is 4.74 Å². The van der Waals surface area contributed by atoms with Crippen LogP contribution in [-0.2, 0) is 14.3 Å². The summed E-state index contributed by atoms with van der Waals surface area (Å²) in [5.41, 5.74) is -0.375. The molecule has 8 heteroatoms. The van der Waals surface area contributed by atoms with Crippen LogP contribution in [0.25, 0.3) is 0 Å². The molecule has 3 amide bonds. The van der Waals surface area contributed by atoms with Crippen LogP contribution in [0.1, 0.15) is 86.4 Å². The van der Waals surface area contributed by atoms with Gasteiger partial charge in [-0.15, -0.1) is 0 Å². The number of benzene rings is 1. The molecule has 0 saturated carbocycles. The number of nitrogens with one attached hydrogen (secondary N) is 2. The molecule has 0 aliphatic rings. The molecule has 0 saturated heterocycles. The van der Waals surface area contributed by atoms with Crippen molar-refractivity contribution in [3.05, 3.63) is 29.3 Å². The van der Waals surface area contributed by atoms with Gasteiger partial charge in [0.2, 0.25) is 11.8 Å². The molecular formula is C26H43N3O5. The number of phenolic OH excluding ortho intramolecular Hbond substituents is 1. The molecule has 3 N–H and O–H groups in total. The Balaban J connectivity index is 3.57. The molecule has 0 aromatic heterocycles. The van der Waals surface area contributed by atoms with Crippen molar-refractivity contribution in [2.45, 2.75) is 105 Å². The zero-order valence-electron chi connectivity index (χ0n) is 22.6. The quantitative estimate of drug-likeness (QED) is 0.538. The molecule has 0 aliphatic carbocycles. The summed E-state index contributed by atoms with van der Waals surface area (Å²) < 4.78 is 5.36. The maximum atomic E-state index is 13.9. The van der Waals surface area contributed by atoms with Crippen molar-refractivity contribution in [3.8, 4) is 5.75 Å². The molecule has 1 aromatic rings. The Labute approximate surface area is 204 Å². The van der Waals surface area contributed by atoms with Gasteiger partial charge in [0.15, 0.2) is 0 Å². The number of aryl methyl sites for hydroxylation is 1. The summed E-state index contributed by atoms with van der Waals surface area (Å²) in [6, 6.07) is 2.67. The number of aromatic hydroxyl groups is 1. The minimum absolute atomic E-state index is 0.0452. The van der Waals surface area contributed by atoms with Crippen molar-refractivity contribution in [2.24, 2.45) is 5.92 Å². The lowest BCUT2D eigenvalue weighted by molar-refractivity contribution is -0.146. The van der Waals surface area contributed by atoms with Crippen molar-refractivity contribution in [1.29, 1.82) is 0 Å². The summed E-state index contributed by atoms with van der Waals surface area (Å²) >= 11 is 0. The molecule has 0 radical (unpaired) electrons. The van der Waals surface area contributed by atoms with Gasteiger partial charge in [-0.1, -0.05) is 32.0 Å². The second-order valence-electron chi connectivity index (χ2n) is 11.4. The Morgan fingerprint density at radius 2 is 1.56 bits per heavy atom. The maximum Gasteiger partial charge on any atom is 0.408 e. The van der Waals surface area contributed by atoms with Gasteiger partial charge >= 0.3 is 6.09 Å². The molecule has 1 aromatic carbocycles. The molecule has 0 spiro atoms. The Morgan fingerprint density at radius 3 is 2.00 bits per heavy atom. The highest BCUT2D eigenvalue weighted by Gasteiger charge is 2.40. The number of ether oxygens (including phenoxy) is 1. The first-order chi connectivity index (χ1) is 15.4. The molecule has 0 heterocycles. The lowest BCUT2D eigenvalue weighted by Crippen LogP contribution is -2.57. The molecule has 192 valence electrons. The van der Waals surface area contributed by atoms with Crippen molar-refractivity contribution in [2.75, 3.05) is 0 Å². The number of hydrogen-bond acceptors (Lipinski definition) is 5. The van der Waals surface area contributed by atoms with Crippen LogP contribution >= 0.6 is 0 Å². The van der Waals surface area contributed by atoms with Gasteiger partial charge in [0.1, 0.15) is 23.4 Å². The number of hydrogen-bond donors (Lipinski definition) is 3. The fourth-order valence-corrected chi connectivity index (χ4v) is 3.55. The number of amides is 3. The highest BCUT2D eigenvalue weighted by Crippen LogP contribution is 2.34. The monoisotopic (exact) mass is 477 g/mol. The van der Waals surface area contributed by atoms with Crippen LogP contribution in [0, 0.1) is 12.8 Å². The van der Waals surface area contributed by atoms with E-state index in [9.17, 15) is 19.5 Å². The van der Waals surface area contributed by atoms with E-state index in [-0.39, 0.29) is 11.7 Å². The Bertz CT molecular complexity index is 881. The van der Waals surface area contributed by atoms with Crippen molar-refractivity contribution in [1.82, 2.24) is 15.5 Å². The number of carbonyl (C=O) groups is 3. The summed E-state index contributed by atoms with van der Waals surface area (Å²) in [5, 5.41) is 16.5. The van der Waals surface area contributed by atoms with E-state index in [2.05, 4.69) is 10.6 Å². The molecule has 8 nitrogen and oxygen atoms in total. The first-order valence-corrected chi connectivity index (χ1v) is 11.8. The molecule has 2 unspecified atom stereocenters. The second-order valence-corrected chi connectivity index (χ2v) is 11.4. The topological polar surface area (TPSA) is 108 Å². The summed E-state index contributed by atoms with van der Waals surface area (Å²) in [5.74, 6) is -1.18. The normalized spacial score (nSPS) is 13.9. The van der Waals surface area contributed by atoms with Crippen LogP contribution < -0.4 is 10.6 Å². The van der Waals surface area contributed by atoms with Gasteiger partial charge in [-0.3, -0.25) is 9.59 Å². The van der Waals surface area contributed by atoms with Crippen LogP contribution in [0.5, 0.6) is 5.75 Å². The van der Waals surface area contributed by atoms with Gasteiger partial charge in [-0.05, 0) is 73.8 Å². The van der Waals surface area contributed by atoms with E-state index < -0.39 is 47.2 Å². The largest absolute Gasteiger partial charge is 0.507 e. The number of nitrogens with zero attached hydrogens (tertiary/aromatic N) is 1. The maximum absolute atomic E-state index is 13.9. The molecule has 0 aliphatic heterocycles. The van der Waals surface area contributed by atoms with E-state index in [1.165, 1.54) is 4.90 Å². The summed E-state index contributed by atoms with van der Waals surface area (Å²) in [6.45, 7) is 19.7. The van der Waals surface area contributed by atoms with Crippen LogP contribution in [-0.4, -0.2) is 51.1 Å². The lowest BCUT2D eigenvalue weighted by Gasteiger charge is -2.39. The number of alkyl carbamates (subject to hydrolysis) is 1. The van der Waals surface area contributed by atoms with Gasteiger partial charge < -0.3 is 25.4 Å². The summed E-state index contributed by atoms with van der Waals surface area (Å²) in [4.78, 5) is 41.4. The van der Waals surface area contributed by atoms with Crippen molar-refractivity contribution < 1.29 is 24.2 Å². The zero-order chi connectivity index (χ0) is 26.6. The highest BCUT2D eigenvalue weighted by molar-refractivity contribution is 5.93. The van der Waals surface area contributed by atoms with Crippen LogP contribution in [0.3, 0.4) is 0 Å². The Morgan fingerprint density at radius 1 is 1.00 bits per heavy atom. The second kappa shape index (κ2) is 11.1. The highest BCUT2D eigenvalue weighted by atomic mass is 16.6. The molecule has 34 heavy (non-hydrogen) atoms. The number of rotatable bonds is 7. The minimum atomic E-state index is -1.10.